The second-order valence-corrected chi connectivity index (χ2v) is 3.88. The Hall–Kier alpha value is -2.69. The van der Waals surface area contributed by atoms with E-state index in [1.54, 1.807) is 18.3 Å². The standard InChI is InChI=1S/C13H9N3O2/c17-16(18)12-5-3-11(4-6-12)15-9-7-10-2-1-8-14-13(10)15/h1-9H. The van der Waals surface area contributed by atoms with Crippen molar-refractivity contribution in [2.45, 2.75) is 0 Å². The Bertz CT molecular complexity index is 716. The van der Waals surface area contributed by atoms with Crippen molar-refractivity contribution in [1.29, 1.82) is 0 Å². The Kier molecular flexibility index (Phi) is 2.30. The maximum atomic E-state index is 10.6. The highest BCUT2D eigenvalue weighted by Crippen LogP contribution is 2.20. The summed E-state index contributed by atoms with van der Waals surface area (Å²) in [6, 6.07) is 12.2. The van der Waals surface area contributed by atoms with Crippen LogP contribution in [0.4, 0.5) is 5.69 Å². The van der Waals surface area contributed by atoms with Gasteiger partial charge in [0.1, 0.15) is 5.65 Å². The number of benzene rings is 1. The zero-order valence-electron chi connectivity index (χ0n) is 9.35. The molecule has 18 heavy (non-hydrogen) atoms. The Morgan fingerprint density at radius 2 is 1.89 bits per heavy atom. The average molecular weight is 239 g/mol. The van der Waals surface area contributed by atoms with Crippen LogP contribution in [0.15, 0.2) is 54.9 Å². The third-order valence-corrected chi connectivity index (χ3v) is 2.79. The average Bonchev–Trinajstić information content (AvgIpc) is 2.82. The molecule has 0 bridgehead atoms. The molecule has 0 fully saturated rings. The minimum Gasteiger partial charge on any atom is -0.301 e. The van der Waals surface area contributed by atoms with Crippen LogP contribution in [0.5, 0.6) is 0 Å². The van der Waals surface area contributed by atoms with Crippen LogP contribution in [0.3, 0.4) is 0 Å². The molecule has 0 unspecified atom stereocenters. The van der Waals surface area contributed by atoms with Gasteiger partial charge >= 0.3 is 0 Å². The van der Waals surface area contributed by atoms with Gasteiger partial charge in [0.15, 0.2) is 0 Å². The number of rotatable bonds is 2. The van der Waals surface area contributed by atoms with Crippen LogP contribution in [0.25, 0.3) is 16.7 Å². The fourth-order valence-electron chi connectivity index (χ4n) is 1.91. The van der Waals surface area contributed by atoms with Crippen molar-refractivity contribution in [2.24, 2.45) is 0 Å². The van der Waals surface area contributed by atoms with Crippen molar-refractivity contribution in [3.8, 4) is 5.69 Å². The maximum Gasteiger partial charge on any atom is 0.269 e. The third-order valence-electron chi connectivity index (χ3n) is 2.79. The normalized spacial score (nSPS) is 10.7. The summed E-state index contributed by atoms with van der Waals surface area (Å²) < 4.78 is 1.90. The van der Waals surface area contributed by atoms with E-state index in [0.29, 0.717) is 0 Å². The van der Waals surface area contributed by atoms with E-state index in [1.807, 2.05) is 29.0 Å². The number of non-ortho nitro benzene ring substituents is 1. The molecule has 0 atom stereocenters. The number of nitro groups is 1. The van der Waals surface area contributed by atoms with Gasteiger partial charge in [0.25, 0.3) is 5.69 Å². The predicted molar refractivity (Wildman–Crippen MR) is 67.7 cm³/mol. The summed E-state index contributed by atoms with van der Waals surface area (Å²) in [5.74, 6) is 0. The van der Waals surface area contributed by atoms with E-state index in [9.17, 15) is 10.1 Å². The van der Waals surface area contributed by atoms with E-state index >= 15 is 0 Å². The molecular formula is C13H9N3O2. The number of aromatic nitrogens is 2. The smallest absolute Gasteiger partial charge is 0.269 e. The van der Waals surface area contributed by atoms with Crippen molar-refractivity contribution in [1.82, 2.24) is 9.55 Å². The largest absolute Gasteiger partial charge is 0.301 e. The quantitative estimate of drug-likeness (QED) is 0.510. The Labute approximate surface area is 102 Å². The van der Waals surface area contributed by atoms with Gasteiger partial charge in [0, 0.05) is 35.6 Å². The number of pyridine rings is 1. The summed E-state index contributed by atoms with van der Waals surface area (Å²) >= 11 is 0. The molecule has 0 amide bonds. The van der Waals surface area contributed by atoms with Crippen molar-refractivity contribution in [2.75, 3.05) is 0 Å². The molecule has 0 N–H and O–H groups in total. The van der Waals surface area contributed by atoms with E-state index in [0.717, 1.165) is 16.7 Å². The van der Waals surface area contributed by atoms with Crippen molar-refractivity contribution >= 4 is 16.7 Å². The van der Waals surface area contributed by atoms with Gasteiger partial charge in [-0.2, -0.15) is 0 Å². The zero-order valence-corrected chi connectivity index (χ0v) is 9.35. The van der Waals surface area contributed by atoms with Crippen LogP contribution in [0.2, 0.25) is 0 Å². The lowest BCUT2D eigenvalue weighted by molar-refractivity contribution is -0.384. The van der Waals surface area contributed by atoms with E-state index in [4.69, 9.17) is 0 Å². The maximum absolute atomic E-state index is 10.6. The number of fused-ring (bicyclic) bond motifs is 1. The molecule has 1 aromatic carbocycles. The first-order valence-corrected chi connectivity index (χ1v) is 5.42. The SMILES string of the molecule is O=[N+]([O-])c1ccc(-n2ccc3cccnc32)cc1. The van der Waals surface area contributed by atoms with Gasteiger partial charge in [-0.15, -0.1) is 0 Å². The molecule has 5 heteroatoms. The number of hydrogen-bond acceptors (Lipinski definition) is 3. The van der Waals surface area contributed by atoms with Gasteiger partial charge in [0.2, 0.25) is 0 Å². The molecule has 0 aliphatic carbocycles. The van der Waals surface area contributed by atoms with E-state index in [1.165, 1.54) is 12.1 Å². The first-order valence-electron chi connectivity index (χ1n) is 5.42. The van der Waals surface area contributed by atoms with Crippen LogP contribution >= 0.6 is 0 Å². The molecule has 0 aliphatic heterocycles. The summed E-state index contributed by atoms with van der Waals surface area (Å²) in [5, 5.41) is 11.6. The second kappa shape index (κ2) is 3.96. The first-order chi connectivity index (χ1) is 8.75. The predicted octanol–water partition coefficient (Wildman–Crippen LogP) is 2.93. The molecule has 3 rings (SSSR count). The van der Waals surface area contributed by atoms with Gasteiger partial charge < -0.3 is 4.57 Å². The Morgan fingerprint density at radius 3 is 2.61 bits per heavy atom. The minimum atomic E-state index is -0.407. The minimum absolute atomic E-state index is 0.0863. The van der Waals surface area contributed by atoms with Crippen molar-refractivity contribution in [3.63, 3.8) is 0 Å². The molecule has 0 saturated carbocycles. The molecular weight excluding hydrogens is 230 g/mol. The zero-order chi connectivity index (χ0) is 12.5. The second-order valence-electron chi connectivity index (χ2n) is 3.88. The highest BCUT2D eigenvalue weighted by atomic mass is 16.6. The molecule has 0 radical (unpaired) electrons. The van der Waals surface area contributed by atoms with Crippen LogP contribution in [-0.4, -0.2) is 14.5 Å². The number of hydrogen-bond donors (Lipinski definition) is 0. The Balaban J connectivity index is 2.12. The lowest BCUT2D eigenvalue weighted by Crippen LogP contribution is -1.94. The van der Waals surface area contributed by atoms with Crippen LogP contribution in [-0.2, 0) is 0 Å². The fraction of sp³-hybridized carbons (Fsp3) is 0. The van der Waals surface area contributed by atoms with Gasteiger partial charge in [-0.05, 0) is 30.3 Å². The van der Waals surface area contributed by atoms with Crippen LogP contribution < -0.4 is 0 Å². The summed E-state index contributed by atoms with van der Waals surface area (Å²) in [5.41, 5.74) is 1.78. The molecule has 0 aliphatic rings. The lowest BCUT2D eigenvalue weighted by Gasteiger charge is -2.03. The topological polar surface area (TPSA) is 61.0 Å². The Morgan fingerprint density at radius 1 is 1.11 bits per heavy atom. The number of nitrogens with zero attached hydrogens (tertiary/aromatic N) is 3. The first kappa shape index (κ1) is 10.5. The van der Waals surface area contributed by atoms with E-state index < -0.39 is 4.92 Å². The highest BCUT2D eigenvalue weighted by molar-refractivity contribution is 5.77. The summed E-state index contributed by atoms with van der Waals surface area (Å²) in [4.78, 5) is 14.5. The monoisotopic (exact) mass is 239 g/mol. The van der Waals surface area contributed by atoms with Gasteiger partial charge in [-0.25, -0.2) is 4.98 Å². The molecule has 5 nitrogen and oxygen atoms in total. The van der Waals surface area contributed by atoms with Crippen LogP contribution in [0, 0.1) is 10.1 Å². The highest BCUT2D eigenvalue weighted by Gasteiger charge is 2.07. The fourth-order valence-corrected chi connectivity index (χ4v) is 1.91. The van der Waals surface area contributed by atoms with Crippen LogP contribution in [0.1, 0.15) is 0 Å². The van der Waals surface area contributed by atoms with Crippen molar-refractivity contribution in [3.05, 3.63) is 65.0 Å². The van der Waals surface area contributed by atoms with Gasteiger partial charge in [0.05, 0.1) is 4.92 Å². The molecule has 0 saturated heterocycles. The number of nitro benzene ring substituents is 1. The molecule has 88 valence electrons. The molecule has 2 aromatic heterocycles. The van der Waals surface area contributed by atoms with Crippen molar-refractivity contribution < 1.29 is 4.92 Å². The molecule has 3 aromatic rings. The summed E-state index contributed by atoms with van der Waals surface area (Å²) in [7, 11) is 0. The third kappa shape index (κ3) is 1.62. The van der Waals surface area contributed by atoms with E-state index in [-0.39, 0.29) is 5.69 Å². The molecule has 2 heterocycles. The van der Waals surface area contributed by atoms with E-state index in [2.05, 4.69) is 4.98 Å². The van der Waals surface area contributed by atoms with Gasteiger partial charge in [-0.3, -0.25) is 10.1 Å². The molecule has 0 spiro atoms. The summed E-state index contributed by atoms with van der Waals surface area (Å²) in [6.45, 7) is 0. The van der Waals surface area contributed by atoms with Gasteiger partial charge in [-0.1, -0.05) is 0 Å². The summed E-state index contributed by atoms with van der Waals surface area (Å²) in [6.07, 6.45) is 3.63. The lowest BCUT2D eigenvalue weighted by atomic mass is 10.3.